The predicted molar refractivity (Wildman–Crippen MR) is 111 cm³/mol. The van der Waals surface area contributed by atoms with Gasteiger partial charge in [-0.2, -0.15) is 13.2 Å². The van der Waals surface area contributed by atoms with E-state index in [2.05, 4.69) is 20.3 Å². The first-order valence-electron chi connectivity index (χ1n) is 9.20. The molecule has 1 unspecified atom stereocenters. The van der Waals surface area contributed by atoms with Gasteiger partial charge in [-0.1, -0.05) is 12.1 Å². The van der Waals surface area contributed by atoms with Crippen LogP contribution in [-0.2, 0) is 17.5 Å². The number of fused-ring (bicyclic) bond motifs is 1. The summed E-state index contributed by atoms with van der Waals surface area (Å²) in [4.78, 5) is 26.3. The highest BCUT2D eigenvalue weighted by molar-refractivity contribution is 7.15. The maximum absolute atomic E-state index is 12.7. The van der Waals surface area contributed by atoms with Gasteiger partial charge in [0.25, 0.3) is 0 Å². The minimum atomic E-state index is -4.36. The zero-order valence-electron chi connectivity index (χ0n) is 16.2. The van der Waals surface area contributed by atoms with Crippen LogP contribution in [0.5, 0.6) is 0 Å². The topological polar surface area (TPSA) is 98.7 Å². The number of nitrogens with two attached hydrogens (primary N) is 1. The van der Waals surface area contributed by atoms with Crippen LogP contribution in [0.4, 0.5) is 19.0 Å². The summed E-state index contributed by atoms with van der Waals surface area (Å²) < 4.78 is 39.8. The second kappa shape index (κ2) is 7.99. The average molecular weight is 446 g/mol. The third-order valence-electron chi connectivity index (χ3n) is 4.67. The van der Waals surface area contributed by atoms with Crippen LogP contribution in [0.15, 0.2) is 49.1 Å². The molecule has 7 nitrogen and oxygen atoms in total. The number of benzene rings is 1. The van der Waals surface area contributed by atoms with Crippen LogP contribution >= 0.6 is 11.3 Å². The summed E-state index contributed by atoms with van der Waals surface area (Å²) in [6, 6.07) is 8.41. The van der Waals surface area contributed by atoms with E-state index in [1.165, 1.54) is 36.1 Å². The molecule has 4 aromatic rings. The molecule has 0 saturated heterocycles. The van der Waals surface area contributed by atoms with Crippen molar-refractivity contribution in [1.82, 2.24) is 24.8 Å². The third kappa shape index (κ3) is 4.36. The maximum atomic E-state index is 12.7. The average Bonchev–Trinajstić information content (AvgIpc) is 3.36. The summed E-state index contributed by atoms with van der Waals surface area (Å²) in [6.07, 6.45) is -1.57. The van der Waals surface area contributed by atoms with Crippen molar-refractivity contribution >= 4 is 34.2 Å². The largest absolute Gasteiger partial charge is 0.416 e. The zero-order chi connectivity index (χ0) is 22.2. The molecule has 3 N–H and O–H groups in total. The van der Waals surface area contributed by atoms with E-state index in [0.717, 1.165) is 21.9 Å². The maximum Gasteiger partial charge on any atom is 0.416 e. The Morgan fingerprint density at radius 1 is 1.16 bits per heavy atom. The summed E-state index contributed by atoms with van der Waals surface area (Å²) in [6.45, 7) is 1.85. The molecule has 160 valence electrons. The van der Waals surface area contributed by atoms with Gasteiger partial charge in [-0.25, -0.2) is 15.0 Å². The third-order valence-corrected chi connectivity index (χ3v) is 5.99. The highest BCUT2D eigenvalue weighted by atomic mass is 32.1. The Kier molecular flexibility index (Phi) is 5.36. The number of anilines is 1. The van der Waals surface area contributed by atoms with E-state index in [0.29, 0.717) is 16.7 Å². The molecule has 3 aromatic heterocycles. The first-order chi connectivity index (χ1) is 14.7. The lowest BCUT2D eigenvalue weighted by Crippen LogP contribution is -2.29. The van der Waals surface area contributed by atoms with Crippen LogP contribution in [0.1, 0.15) is 23.4 Å². The van der Waals surface area contributed by atoms with E-state index in [-0.39, 0.29) is 24.3 Å². The Labute approximate surface area is 178 Å². The molecule has 0 aliphatic rings. The Hall–Kier alpha value is -3.47. The van der Waals surface area contributed by atoms with E-state index in [9.17, 15) is 18.0 Å². The normalized spacial score (nSPS) is 12.8. The lowest BCUT2D eigenvalue weighted by molar-refractivity contribution is -0.137. The van der Waals surface area contributed by atoms with Crippen molar-refractivity contribution in [2.24, 2.45) is 0 Å². The zero-order valence-corrected chi connectivity index (χ0v) is 17.0. The minimum Gasteiger partial charge on any atom is -0.382 e. The molecular weight excluding hydrogens is 429 g/mol. The molecule has 0 fully saturated rings. The highest BCUT2D eigenvalue weighted by Crippen LogP contribution is 2.34. The number of amides is 1. The van der Waals surface area contributed by atoms with E-state index >= 15 is 0 Å². The summed E-state index contributed by atoms with van der Waals surface area (Å²) >= 11 is 1.41. The molecule has 0 saturated carbocycles. The number of thiophene rings is 1. The molecule has 31 heavy (non-hydrogen) atoms. The van der Waals surface area contributed by atoms with Gasteiger partial charge >= 0.3 is 6.18 Å². The van der Waals surface area contributed by atoms with E-state index in [4.69, 9.17) is 5.73 Å². The van der Waals surface area contributed by atoms with Crippen molar-refractivity contribution in [1.29, 1.82) is 0 Å². The summed E-state index contributed by atoms with van der Waals surface area (Å²) in [5.74, 6) is 0.000344. The van der Waals surface area contributed by atoms with Gasteiger partial charge in [-0.15, -0.1) is 11.3 Å². The van der Waals surface area contributed by atoms with Crippen molar-refractivity contribution in [2.45, 2.75) is 25.7 Å². The Bertz CT molecular complexity index is 1230. The molecule has 0 aliphatic heterocycles. The summed E-state index contributed by atoms with van der Waals surface area (Å²) in [5.41, 5.74) is 6.65. The summed E-state index contributed by atoms with van der Waals surface area (Å²) in [5, 5.41) is 2.91. The first kappa shape index (κ1) is 20.8. The number of hydrogen-bond acceptors (Lipinski definition) is 6. The number of carbonyl (C=O) groups excluding carboxylic acids is 1. The lowest BCUT2D eigenvalue weighted by atomic mass is 10.1. The predicted octanol–water partition coefficient (Wildman–Crippen LogP) is 4.03. The van der Waals surface area contributed by atoms with Crippen LogP contribution in [0, 0.1) is 0 Å². The second-order valence-electron chi connectivity index (χ2n) is 6.87. The van der Waals surface area contributed by atoms with Gasteiger partial charge in [0.05, 0.1) is 17.9 Å². The molecule has 0 radical (unpaired) electrons. The van der Waals surface area contributed by atoms with Crippen molar-refractivity contribution in [3.8, 4) is 10.4 Å². The molecule has 1 aromatic carbocycles. The van der Waals surface area contributed by atoms with E-state index < -0.39 is 11.7 Å². The van der Waals surface area contributed by atoms with Crippen molar-refractivity contribution in [3.63, 3.8) is 0 Å². The van der Waals surface area contributed by atoms with E-state index in [1.807, 2.05) is 19.1 Å². The lowest BCUT2D eigenvalue weighted by Gasteiger charge is -2.12. The molecule has 1 atom stereocenters. The number of imidazole rings is 1. The van der Waals surface area contributed by atoms with Gasteiger partial charge in [0.1, 0.15) is 18.4 Å². The van der Waals surface area contributed by atoms with Gasteiger partial charge in [0, 0.05) is 9.75 Å². The van der Waals surface area contributed by atoms with Crippen molar-refractivity contribution in [2.75, 3.05) is 5.73 Å². The number of nitrogen functional groups attached to an aromatic ring is 1. The fourth-order valence-electron chi connectivity index (χ4n) is 3.09. The number of carbonyl (C=O) groups is 1. The number of hydrogen-bond donors (Lipinski definition) is 2. The van der Waals surface area contributed by atoms with Gasteiger partial charge in [0.15, 0.2) is 11.5 Å². The van der Waals surface area contributed by atoms with Crippen LogP contribution in [0.3, 0.4) is 0 Å². The number of aromatic nitrogens is 4. The van der Waals surface area contributed by atoms with E-state index in [1.54, 1.807) is 4.57 Å². The number of alkyl halides is 3. The van der Waals surface area contributed by atoms with Gasteiger partial charge in [0.2, 0.25) is 5.91 Å². The van der Waals surface area contributed by atoms with Crippen LogP contribution in [0.25, 0.3) is 21.6 Å². The Balaban J connectivity index is 1.43. The number of nitrogens with zero attached hydrogens (tertiary/aromatic N) is 4. The highest BCUT2D eigenvalue weighted by Gasteiger charge is 2.30. The molecule has 1 amide bonds. The van der Waals surface area contributed by atoms with Crippen molar-refractivity contribution < 1.29 is 18.0 Å². The second-order valence-corrected chi connectivity index (χ2v) is 7.99. The van der Waals surface area contributed by atoms with Gasteiger partial charge in [-0.3, -0.25) is 4.79 Å². The van der Waals surface area contributed by atoms with Gasteiger partial charge < -0.3 is 15.6 Å². The first-order valence-corrected chi connectivity index (χ1v) is 10.0. The quantitative estimate of drug-likeness (QED) is 0.482. The Morgan fingerprint density at radius 3 is 2.61 bits per heavy atom. The molecule has 0 bridgehead atoms. The molecule has 4 rings (SSSR count). The number of rotatable bonds is 5. The van der Waals surface area contributed by atoms with Crippen LogP contribution < -0.4 is 11.1 Å². The smallest absolute Gasteiger partial charge is 0.382 e. The molecular formula is C20H17F3N6OS. The Morgan fingerprint density at radius 2 is 1.90 bits per heavy atom. The van der Waals surface area contributed by atoms with Crippen LogP contribution in [0.2, 0.25) is 0 Å². The monoisotopic (exact) mass is 446 g/mol. The fourth-order valence-corrected chi connectivity index (χ4v) is 4.11. The van der Waals surface area contributed by atoms with Crippen LogP contribution in [-0.4, -0.2) is 25.4 Å². The van der Waals surface area contributed by atoms with Crippen molar-refractivity contribution in [3.05, 3.63) is 59.5 Å². The minimum absolute atomic E-state index is 0.00836. The number of nitrogens with one attached hydrogen (secondary N) is 1. The molecule has 0 spiro atoms. The standard InChI is InChI=1S/C20H17F3N6OS/c1-11(28-16(30)8-29-10-27-17-18(24)25-9-26-19(17)29)14-6-7-15(31-14)12-2-4-13(5-3-12)20(21,22)23/h2-7,9-11H,8H2,1H3,(H,28,30)(H2,24,25,26). The fraction of sp³-hybridized carbons (Fsp3) is 0.200. The molecule has 11 heteroatoms. The molecule has 0 aliphatic carbocycles. The number of halogens is 3. The SMILES string of the molecule is CC(NC(=O)Cn1cnc2c(N)ncnc21)c1ccc(-c2ccc(C(F)(F)F)cc2)s1. The molecule has 3 heterocycles. The summed E-state index contributed by atoms with van der Waals surface area (Å²) in [7, 11) is 0. The van der Waals surface area contributed by atoms with Gasteiger partial charge in [-0.05, 0) is 36.8 Å².